The highest BCUT2D eigenvalue weighted by atomic mass is 32.1. The second kappa shape index (κ2) is 14.8. The van der Waals surface area contributed by atoms with Crippen LogP contribution in [0.25, 0.3) is 11.3 Å². The van der Waals surface area contributed by atoms with Crippen LogP contribution in [0, 0.1) is 6.92 Å². The number of hydrogen-bond donors (Lipinski definition) is 2. The molecule has 1 heterocycles. The van der Waals surface area contributed by atoms with Gasteiger partial charge >= 0.3 is 12.0 Å². The Bertz CT molecular complexity index is 1480. The lowest BCUT2D eigenvalue weighted by Crippen LogP contribution is -2.38. The molecule has 0 aliphatic carbocycles. The summed E-state index contributed by atoms with van der Waals surface area (Å²) in [6.45, 7) is 11.4. The van der Waals surface area contributed by atoms with Gasteiger partial charge in [0.05, 0.1) is 12.2 Å². The summed E-state index contributed by atoms with van der Waals surface area (Å²) in [5, 5.41) is 14.8. The number of nitrogens with zero attached hydrogens (tertiary/aromatic N) is 3. The van der Waals surface area contributed by atoms with Crippen LogP contribution in [0.4, 0.5) is 16.2 Å². The minimum absolute atomic E-state index is 0.103. The van der Waals surface area contributed by atoms with E-state index in [9.17, 15) is 14.7 Å². The van der Waals surface area contributed by atoms with Crippen LogP contribution < -0.4 is 10.2 Å². The first-order chi connectivity index (χ1) is 20.7. The van der Waals surface area contributed by atoms with Crippen molar-refractivity contribution in [3.63, 3.8) is 0 Å². The van der Waals surface area contributed by atoms with Gasteiger partial charge in [0.25, 0.3) is 0 Å². The summed E-state index contributed by atoms with van der Waals surface area (Å²) in [5.74, 6) is -0.472. The Morgan fingerprint density at radius 3 is 2.14 bits per heavy atom. The lowest BCUT2D eigenvalue weighted by atomic mass is 9.94. The highest BCUT2D eigenvalue weighted by molar-refractivity contribution is 7.09. The topological polar surface area (TPSA) is 85.8 Å². The third-order valence-corrected chi connectivity index (χ3v) is 8.54. The van der Waals surface area contributed by atoms with Crippen molar-refractivity contribution in [1.82, 2.24) is 9.88 Å². The highest BCUT2D eigenvalue weighted by Crippen LogP contribution is 2.28. The van der Waals surface area contributed by atoms with Crippen LogP contribution in [-0.4, -0.2) is 39.6 Å². The van der Waals surface area contributed by atoms with Crippen molar-refractivity contribution in [3.05, 3.63) is 99.9 Å². The lowest BCUT2D eigenvalue weighted by Gasteiger charge is -2.30. The van der Waals surface area contributed by atoms with E-state index in [1.165, 1.54) is 33.1 Å². The van der Waals surface area contributed by atoms with Crippen molar-refractivity contribution >= 4 is 34.7 Å². The van der Waals surface area contributed by atoms with Crippen LogP contribution in [0.1, 0.15) is 68.2 Å². The molecule has 0 unspecified atom stereocenters. The first-order valence-electron chi connectivity index (χ1n) is 14.9. The Morgan fingerprint density at radius 2 is 1.56 bits per heavy atom. The molecule has 3 aromatic carbocycles. The molecule has 0 fully saturated rings. The van der Waals surface area contributed by atoms with Crippen LogP contribution in [-0.2, 0) is 17.9 Å². The number of carbonyl (C=O) groups excluding carboxylic acids is 1. The highest BCUT2D eigenvalue weighted by Gasteiger charge is 2.20. The van der Waals surface area contributed by atoms with Crippen molar-refractivity contribution < 1.29 is 14.7 Å². The molecule has 8 heteroatoms. The average Bonchev–Trinajstić information content (AvgIpc) is 3.46. The maximum absolute atomic E-state index is 12.9. The van der Waals surface area contributed by atoms with Crippen molar-refractivity contribution in [2.45, 2.75) is 72.5 Å². The number of amides is 2. The molecule has 0 aliphatic rings. The second-order valence-electron chi connectivity index (χ2n) is 11.2. The predicted octanol–water partition coefficient (Wildman–Crippen LogP) is 8.56. The van der Waals surface area contributed by atoms with E-state index < -0.39 is 18.5 Å². The normalized spacial score (nSPS) is 11.1. The SMILES string of the molecule is CCC(CC)c1ccc(N(Cc2ccc(-c3csc(CN(CC(=O)O)C(=O)Nc4ccc(C)cc4)n3)cc2)C(C)C)cc1. The van der Waals surface area contributed by atoms with Gasteiger partial charge in [-0.05, 0) is 74.9 Å². The number of aromatic nitrogens is 1. The van der Waals surface area contributed by atoms with Gasteiger partial charge in [0.15, 0.2) is 0 Å². The maximum Gasteiger partial charge on any atom is 0.323 e. The van der Waals surface area contributed by atoms with E-state index in [1.54, 1.807) is 12.1 Å². The quantitative estimate of drug-likeness (QED) is 0.161. The summed E-state index contributed by atoms with van der Waals surface area (Å²) < 4.78 is 0. The zero-order valence-electron chi connectivity index (χ0n) is 25.7. The molecular weight excluding hydrogens is 556 g/mol. The van der Waals surface area contributed by atoms with E-state index >= 15 is 0 Å². The molecular formula is C35H42N4O3S. The van der Waals surface area contributed by atoms with Crippen LogP contribution in [0.15, 0.2) is 78.2 Å². The summed E-state index contributed by atoms with van der Waals surface area (Å²) >= 11 is 1.41. The summed E-state index contributed by atoms with van der Waals surface area (Å²) in [6.07, 6.45) is 2.31. The molecule has 0 radical (unpaired) electrons. The van der Waals surface area contributed by atoms with Gasteiger partial charge < -0.3 is 20.2 Å². The third-order valence-electron chi connectivity index (χ3n) is 7.70. The number of carboxylic acid groups (broad SMARTS) is 1. The van der Waals surface area contributed by atoms with E-state index in [4.69, 9.17) is 4.98 Å². The molecule has 0 bridgehead atoms. The van der Waals surface area contributed by atoms with E-state index in [0.29, 0.717) is 22.7 Å². The first-order valence-corrected chi connectivity index (χ1v) is 15.8. The Labute approximate surface area is 259 Å². The number of carbonyl (C=O) groups is 2. The lowest BCUT2D eigenvalue weighted by molar-refractivity contribution is -0.137. The van der Waals surface area contributed by atoms with E-state index in [2.05, 4.69) is 86.4 Å². The van der Waals surface area contributed by atoms with Gasteiger partial charge in [0.1, 0.15) is 11.6 Å². The molecule has 0 saturated heterocycles. The average molecular weight is 599 g/mol. The monoisotopic (exact) mass is 598 g/mol. The van der Waals surface area contributed by atoms with Crippen LogP contribution in [0.2, 0.25) is 0 Å². The Balaban J connectivity index is 1.42. The largest absolute Gasteiger partial charge is 0.480 e. The van der Waals surface area contributed by atoms with Crippen molar-refractivity contribution in [2.24, 2.45) is 0 Å². The van der Waals surface area contributed by atoms with Gasteiger partial charge in [-0.2, -0.15) is 0 Å². The molecule has 0 aliphatic heterocycles. The van der Waals surface area contributed by atoms with Crippen LogP contribution in [0.5, 0.6) is 0 Å². The number of rotatable bonds is 13. The maximum atomic E-state index is 12.9. The number of urea groups is 1. The summed E-state index contributed by atoms with van der Waals surface area (Å²) in [5.41, 5.74) is 7.29. The third kappa shape index (κ3) is 8.67. The van der Waals surface area contributed by atoms with Crippen molar-refractivity contribution in [2.75, 3.05) is 16.8 Å². The zero-order chi connectivity index (χ0) is 30.9. The van der Waals surface area contributed by atoms with E-state index in [-0.39, 0.29) is 6.54 Å². The number of anilines is 2. The Morgan fingerprint density at radius 1 is 0.907 bits per heavy atom. The van der Waals surface area contributed by atoms with Crippen LogP contribution in [0.3, 0.4) is 0 Å². The second-order valence-corrected chi connectivity index (χ2v) is 12.1. The Hall–Kier alpha value is -4.17. The number of nitrogens with one attached hydrogen (secondary N) is 1. The van der Waals surface area contributed by atoms with Gasteiger partial charge in [-0.1, -0.05) is 67.9 Å². The van der Waals surface area contributed by atoms with Crippen molar-refractivity contribution in [3.8, 4) is 11.3 Å². The summed E-state index contributed by atoms with van der Waals surface area (Å²) in [7, 11) is 0. The number of aryl methyl sites for hydroxylation is 1. The molecule has 43 heavy (non-hydrogen) atoms. The molecule has 0 spiro atoms. The number of hydrogen-bond acceptors (Lipinski definition) is 5. The molecule has 4 aromatic rings. The van der Waals surface area contributed by atoms with Gasteiger partial charge in [-0.25, -0.2) is 9.78 Å². The fraction of sp³-hybridized carbons (Fsp3) is 0.343. The smallest absolute Gasteiger partial charge is 0.323 e. The molecule has 4 rings (SSSR count). The van der Waals surface area contributed by atoms with Crippen LogP contribution >= 0.6 is 11.3 Å². The van der Waals surface area contributed by atoms with Crippen molar-refractivity contribution in [1.29, 1.82) is 0 Å². The zero-order valence-corrected chi connectivity index (χ0v) is 26.5. The molecule has 0 saturated carbocycles. The molecule has 2 N–H and O–H groups in total. The minimum Gasteiger partial charge on any atom is -0.480 e. The van der Waals surface area contributed by atoms with E-state index in [1.807, 2.05) is 24.4 Å². The summed E-state index contributed by atoms with van der Waals surface area (Å²) in [6, 6.07) is 24.7. The molecule has 1 aromatic heterocycles. The summed E-state index contributed by atoms with van der Waals surface area (Å²) in [4.78, 5) is 32.8. The molecule has 0 atom stereocenters. The molecule has 2 amide bonds. The van der Waals surface area contributed by atoms with E-state index in [0.717, 1.165) is 36.2 Å². The molecule has 7 nitrogen and oxygen atoms in total. The minimum atomic E-state index is -1.08. The molecule has 226 valence electrons. The Kier molecular flexibility index (Phi) is 11.0. The fourth-order valence-electron chi connectivity index (χ4n) is 5.13. The van der Waals surface area contributed by atoms with Gasteiger partial charge in [-0.15, -0.1) is 11.3 Å². The predicted molar refractivity (Wildman–Crippen MR) is 177 cm³/mol. The van der Waals surface area contributed by atoms with Gasteiger partial charge in [0, 0.05) is 34.9 Å². The fourth-order valence-corrected chi connectivity index (χ4v) is 5.95. The number of benzene rings is 3. The number of thiazole rings is 1. The van der Waals surface area contributed by atoms with Gasteiger partial charge in [-0.3, -0.25) is 4.79 Å². The van der Waals surface area contributed by atoms with Gasteiger partial charge in [0.2, 0.25) is 0 Å². The first kappa shape index (κ1) is 31.8. The standard InChI is InChI=1S/C35H42N4O3S/c1-6-27(7-2)28-14-18-31(19-15-28)39(24(3)4)20-26-10-12-29(13-11-26)32-23-43-33(37-32)21-38(22-34(40)41)35(42)36-30-16-8-25(5)9-17-30/h8-19,23-24,27H,6-7,20-22H2,1-5H3,(H,36,42)(H,40,41). The number of carboxylic acids is 1. The number of aliphatic carboxylic acids is 1.